The van der Waals surface area contributed by atoms with Gasteiger partial charge in [0.25, 0.3) is 0 Å². The van der Waals surface area contributed by atoms with Gasteiger partial charge in [0.2, 0.25) is 0 Å². The number of para-hydroxylation sites is 4. The molecule has 2 aromatic heterocycles. The maximum atomic E-state index is 2.50. The molecule has 320 valence electrons. The van der Waals surface area contributed by atoms with Gasteiger partial charge in [-0.15, -0.1) is 0 Å². The van der Waals surface area contributed by atoms with Crippen LogP contribution in [0.4, 0.5) is 34.1 Å². The first-order valence-electron chi connectivity index (χ1n) is 23.3. The van der Waals surface area contributed by atoms with E-state index in [2.05, 4.69) is 286 Å². The molecule has 2 heterocycles. The van der Waals surface area contributed by atoms with Gasteiger partial charge in [-0.05, 0) is 148 Å². The highest BCUT2D eigenvalue weighted by molar-refractivity contribution is 6.21. The molecule has 0 aliphatic carbocycles. The molecule has 11 aromatic carbocycles. The third kappa shape index (κ3) is 6.69. The summed E-state index contributed by atoms with van der Waals surface area (Å²) < 4.78 is 5.00. The zero-order valence-electron chi connectivity index (χ0n) is 37.2. The number of aromatic nitrogens is 2. The van der Waals surface area contributed by atoms with Crippen LogP contribution in [-0.2, 0) is 0 Å². The highest BCUT2D eigenvalue weighted by atomic mass is 15.1. The molecule has 0 saturated carbocycles. The molecule has 0 amide bonds. The quantitative estimate of drug-likeness (QED) is 0.144. The summed E-state index contributed by atoms with van der Waals surface area (Å²) in [4.78, 5) is 4.67. The third-order valence-electron chi connectivity index (χ3n) is 13.4. The lowest BCUT2D eigenvalue weighted by Crippen LogP contribution is -2.09. The van der Waals surface area contributed by atoms with Crippen molar-refractivity contribution in [3.05, 3.63) is 267 Å². The molecular weight excluding hydrogens is 825 g/mol. The van der Waals surface area contributed by atoms with Gasteiger partial charge in [0.15, 0.2) is 0 Å². The predicted octanol–water partition coefficient (Wildman–Crippen LogP) is 17.6. The maximum Gasteiger partial charge on any atom is 0.0804 e. The monoisotopic (exact) mass is 868 g/mol. The maximum absolute atomic E-state index is 2.50. The first-order chi connectivity index (χ1) is 33.7. The molecule has 0 saturated heterocycles. The third-order valence-corrected chi connectivity index (χ3v) is 13.4. The summed E-state index contributed by atoms with van der Waals surface area (Å²) >= 11 is 0. The van der Waals surface area contributed by atoms with E-state index in [1.165, 1.54) is 37.8 Å². The largest absolute Gasteiger partial charge is 0.311 e. The van der Waals surface area contributed by atoms with Crippen molar-refractivity contribution < 1.29 is 0 Å². The first kappa shape index (κ1) is 39.3. The zero-order chi connectivity index (χ0) is 45.0. The lowest BCUT2D eigenvalue weighted by molar-refractivity contribution is 1.18. The Morgan fingerprint density at radius 1 is 0.235 bits per heavy atom. The summed E-state index contributed by atoms with van der Waals surface area (Å²) in [7, 11) is 0. The van der Waals surface area contributed by atoms with E-state index >= 15 is 0 Å². The van der Waals surface area contributed by atoms with Crippen molar-refractivity contribution in [1.29, 1.82) is 0 Å². The molecular formula is C64H44N4. The van der Waals surface area contributed by atoms with Crippen molar-refractivity contribution in [2.24, 2.45) is 0 Å². The van der Waals surface area contributed by atoms with Crippen LogP contribution in [0, 0.1) is 0 Å². The van der Waals surface area contributed by atoms with Crippen molar-refractivity contribution in [3.63, 3.8) is 0 Å². The number of benzene rings is 11. The van der Waals surface area contributed by atoms with Crippen molar-refractivity contribution in [2.75, 3.05) is 9.80 Å². The number of anilines is 6. The molecule has 0 bridgehead atoms. The molecule has 4 nitrogen and oxygen atoms in total. The molecule has 0 spiro atoms. The molecule has 0 fully saturated rings. The van der Waals surface area contributed by atoms with Crippen LogP contribution in [0.3, 0.4) is 0 Å². The lowest BCUT2D eigenvalue weighted by Gasteiger charge is -2.25. The Morgan fingerprint density at radius 3 is 1.06 bits per heavy atom. The van der Waals surface area contributed by atoms with Gasteiger partial charge in [-0.2, -0.15) is 0 Å². The number of rotatable bonds is 9. The van der Waals surface area contributed by atoms with Crippen LogP contribution in [0.2, 0.25) is 0 Å². The van der Waals surface area contributed by atoms with Gasteiger partial charge in [0.1, 0.15) is 0 Å². The predicted molar refractivity (Wildman–Crippen MR) is 287 cm³/mol. The number of hydrogen-bond donors (Lipinski definition) is 0. The fourth-order valence-corrected chi connectivity index (χ4v) is 10.3. The van der Waals surface area contributed by atoms with Gasteiger partial charge in [-0.1, -0.05) is 152 Å². The topological polar surface area (TPSA) is 16.3 Å². The Morgan fingerprint density at radius 2 is 0.588 bits per heavy atom. The Labute approximate surface area is 395 Å². The molecule has 13 aromatic rings. The van der Waals surface area contributed by atoms with E-state index < -0.39 is 0 Å². The fraction of sp³-hybridized carbons (Fsp3) is 0. The van der Waals surface area contributed by atoms with Gasteiger partial charge < -0.3 is 18.9 Å². The zero-order valence-corrected chi connectivity index (χ0v) is 37.2. The Bertz CT molecular complexity index is 3790. The summed E-state index contributed by atoms with van der Waals surface area (Å²) in [5.41, 5.74) is 15.8. The number of fused-ring (bicyclic) bond motifs is 7. The summed E-state index contributed by atoms with van der Waals surface area (Å²) in [6.07, 6.45) is 0. The summed E-state index contributed by atoms with van der Waals surface area (Å²) in [6.45, 7) is 0. The average molecular weight is 869 g/mol. The minimum atomic E-state index is 1.09. The van der Waals surface area contributed by atoms with E-state index in [-0.39, 0.29) is 0 Å². The Kier molecular flexibility index (Phi) is 9.47. The smallest absolute Gasteiger partial charge is 0.0804 e. The van der Waals surface area contributed by atoms with Crippen LogP contribution >= 0.6 is 0 Å². The van der Waals surface area contributed by atoms with E-state index in [0.717, 1.165) is 73.2 Å². The molecule has 0 aliphatic heterocycles. The molecule has 0 radical (unpaired) electrons. The first-order valence-corrected chi connectivity index (χ1v) is 23.3. The highest BCUT2D eigenvalue weighted by Gasteiger charge is 2.25. The second-order valence-electron chi connectivity index (χ2n) is 17.4. The molecule has 4 heteroatoms. The number of hydrogen-bond acceptors (Lipinski definition) is 2. The SMILES string of the molecule is c1ccc(N(c2ccccc2)c2ccc(-c3ccc4c(c3)c3c(c5cc(N(c6ccccc6)c6ccccc6)ccc5n3-c3ccc5ccccc5c3)n4-c3ccc4ccccc4c3)cc2)cc1. The van der Waals surface area contributed by atoms with Crippen molar-refractivity contribution in [1.82, 2.24) is 9.13 Å². The molecule has 0 atom stereocenters. The highest BCUT2D eigenvalue weighted by Crippen LogP contribution is 2.46. The van der Waals surface area contributed by atoms with Gasteiger partial charge in [-0.25, -0.2) is 0 Å². The number of nitrogens with zero attached hydrogens (tertiary/aromatic N) is 4. The summed E-state index contributed by atoms with van der Waals surface area (Å²) in [5, 5.41) is 7.19. The van der Waals surface area contributed by atoms with Crippen LogP contribution in [0.5, 0.6) is 0 Å². The van der Waals surface area contributed by atoms with Gasteiger partial charge in [0.05, 0.1) is 22.1 Å². The van der Waals surface area contributed by atoms with Crippen molar-refractivity contribution in [3.8, 4) is 22.5 Å². The second-order valence-corrected chi connectivity index (χ2v) is 17.4. The van der Waals surface area contributed by atoms with Crippen LogP contribution in [0.15, 0.2) is 267 Å². The molecule has 13 rings (SSSR count). The van der Waals surface area contributed by atoms with E-state index in [9.17, 15) is 0 Å². The lowest BCUT2D eigenvalue weighted by atomic mass is 10.0. The minimum absolute atomic E-state index is 1.09. The molecule has 0 unspecified atom stereocenters. The minimum Gasteiger partial charge on any atom is -0.311 e. The van der Waals surface area contributed by atoms with E-state index in [1.54, 1.807) is 0 Å². The Balaban J connectivity index is 1.08. The normalized spacial score (nSPS) is 11.5. The van der Waals surface area contributed by atoms with Crippen LogP contribution in [0.1, 0.15) is 0 Å². The molecule has 68 heavy (non-hydrogen) atoms. The van der Waals surface area contributed by atoms with Crippen LogP contribution < -0.4 is 9.80 Å². The van der Waals surface area contributed by atoms with Gasteiger partial charge >= 0.3 is 0 Å². The van der Waals surface area contributed by atoms with Crippen molar-refractivity contribution >= 4 is 88.5 Å². The van der Waals surface area contributed by atoms with E-state index in [0.29, 0.717) is 0 Å². The molecule has 0 aliphatic rings. The van der Waals surface area contributed by atoms with Crippen LogP contribution in [-0.4, -0.2) is 9.13 Å². The van der Waals surface area contributed by atoms with Gasteiger partial charge in [-0.3, -0.25) is 0 Å². The average Bonchev–Trinajstić information content (AvgIpc) is 3.92. The summed E-state index contributed by atoms with van der Waals surface area (Å²) in [6, 6.07) is 96.7. The van der Waals surface area contributed by atoms with E-state index in [1.807, 2.05) is 0 Å². The second kappa shape index (κ2) is 16.4. The summed E-state index contributed by atoms with van der Waals surface area (Å²) in [5.74, 6) is 0. The van der Waals surface area contributed by atoms with Gasteiger partial charge in [0, 0.05) is 56.3 Å². The van der Waals surface area contributed by atoms with E-state index in [4.69, 9.17) is 0 Å². The Hall–Kier alpha value is -9.12. The van der Waals surface area contributed by atoms with Crippen molar-refractivity contribution in [2.45, 2.75) is 0 Å². The standard InChI is InChI=1S/C64H44N4/c1-5-21-51(22-6-1)65(52-23-7-2-8-24-52)55-34-29-47(30-35-55)50-33-39-61-59(43-50)63-64(67(61)56-36-31-45-17-13-15-19-48(45)41-56)60-44-58(66(53-25-9-3-10-26-53)54-27-11-4-12-28-54)38-40-62(60)68(63)57-37-32-46-18-14-16-20-49(46)42-57/h1-44H. The fourth-order valence-electron chi connectivity index (χ4n) is 10.3. The molecule has 0 N–H and O–H groups in total. The van der Waals surface area contributed by atoms with Crippen LogP contribution in [0.25, 0.3) is 76.9 Å².